The van der Waals surface area contributed by atoms with E-state index in [1.165, 1.54) is 9.00 Å². The topological polar surface area (TPSA) is 65.5 Å². The van der Waals surface area contributed by atoms with Crippen molar-refractivity contribution in [3.63, 3.8) is 0 Å². The van der Waals surface area contributed by atoms with Crippen molar-refractivity contribution in [2.24, 2.45) is 4.99 Å². The summed E-state index contributed by atoms with van der Waals surface area (Å²) in [5.41, 5.74) is 5.62. The molecule has 0 spiro atoms. The molecule has 1 aliphatic heterocycles. The number of thiophene rings is 2. The van der Waals surface area contributed by atoms with Gasteiger partial charge < -0.3 is 10.1 Å². The van der Waals surface area contributed by atoms with Crippen LogP contribution in [-0.4, -0.2) is 37.9 Å². The highest BCUT2D eigenvalue weighted by Gasteiger charge is 2.49. The molecule has 10 heteroatoms. The van der Waals surface area contributed by atoms with Gasteiger partial charge >= 0.3 is 0 Å². The van der Waals surface area contributed by atoms with Crippen LogP contribution in [0, 0.1) is 0 Å². The molecule has 230 valence electrons. The van der Waals surface area contributed by atoms with E-state index in [9.17, 15) is 9.90 Å². The molecule has 1 aliphatic rings. The fourth-order valence-electron chi connectivity index (χ4n) is 8.65. The zero-order chi connectivity index (χ0) is 31.6. The maximum Gasteiger partial charge on any atom is 0.280 e. The zero-order valence-electron chi connectivity index (χ0n) is 27.0. The van der Waals surface area contributed by atoms with Gasteiger partial charge in [-0.05, 0) is 45.4 Å². The number of halogens is 2. The van der Waals surface area contributed by atoms with E-state index < -0.39 is 16.1 Å². The normalized spacial score (nSPS) is 14.6. The van der Waals surface area contributed by atoms with Crippen LogP contribution in [0.4, 0.5) is 0 Å². The molecular weight excluding hydrogens is 724 g/mol. The van der Waals surface area contributed by atoms with E-state index in [4.69, 9.17) is 0 Å². The Bertz CT molecular complexity index is 1490. The molecule has 0 saturated heterocycles. The number of nitrogens with one attached hydrogen (secondary N) is 1. The smallest absolute Gasteiger partial charge is 0.280 e. The molecule has 0 unspecified atom stereocenters. The first kappa shape index (κ1) is 34.1. The Morgan fingerprint density at radius 2 is 1.07 bits per heavy atom. The predicted octanol–water partition coefficient (Wildman–Crippen LogP) is 10.8. The third-order valence-electron chi connectivity index (χ3n) is 10.0. The number of amides is 1. The van der Waals surface area contributed by atoms with Crippen LogP contribution in [0.1, 0.15) is 104 Å². The van der Waals surface area contributed by atoms with Gasteiger partial charge in [-0.1, -0.05) is 115 Å². The maximum absolute atomic E-state index is 13.6. The summed E-state index contributed by atoms with van der Waals surface area (Å²) in [6.07, 6.45) is 0. The first-order valence-corrected chi connectivity index (χ1v) is 22.8. The van der Waals surface area contributed by atoms with Gasteiger partial charge in [-0.15, -0.1) is 22.7 Å². The van der Waals surface area contributed by atoms with Crippen molar-refractivity contribution >= 4 is 91.3 Å². The Labute approximate surface area is 279 Å². The lowest BCUT2D eigenvalue weighted by Crippen LogP contribution is -2.54. The fourth-order valence-corrected chi connectivity index (χ4v) is 32.0. The van der Waals surface area contributed by atoms with Crippen molar-refractivity contribution in [3.8, 4) is 16.5 Å². The lowest BCUT2D eigenvalue weighted by molar-refractivity contribution is 0.101. The summed E-state index contributed by atoms with van der Waals surface area (Å²) >= 11 is 11.4. The number of hydrogen-bond acceptors (Lipinski definition) is 4. The van der Waals surface area contributed by atoms with Gasteiger partial charge in [0, 0.05) is 17.9 Å². The third-order valence-corrected chi connectivity index (χ3v) is 30.8. The average Bonchev–Trinajstić information content (AvgIpc) is 3.59. The van der Waals surface area contributed by atoms with Crippen LogP contribution in [0.5, 0.6) is 5.88 Å². The Morgan fingerprint density at radius 1 is 0.690 bits per heavy atom. The Kier molecular flexibility index (Phi) is 9.90. The van der Waals surface area contributed by atoms with Gasteiger partial charge in [0.25, 0.3) is 5.91 Å². The Balaban J connectivity index is 1.86. The number of aromatic hydroxyl groups is 1. The lowest BCUT2D eigenvalue weighted by Gasteiger charge is -2.42. The van der Waals surface area contributed by atoms with Crippen LogP contribution in [0.2, 0.25) is 33.2 Å². The van der Waals surface area contributed by atoms with Gasteiger partial charge in [0.05, 0.1) is 32.3 Å². The van der Waals surface area contributed by atoms with Gasteiger partial charge in [0.2, 0.25) is 0 Å². The second kappa shape index (κ2) is 12.2. The van der Waals surface area contributed by atoms with E-state index in [-0.39, 0.29) is 11.8 Å². The molecule has 0 aromatic carbocycles. The molecule has 1 amide bonds. The van der Waals surface area contributed by atoms with Crippen LogP contribution in [0.3, 0.4) is 0 Å². The molecule has 4 nitrogen and oxygen atoms in total. The summed E-state index contributed by atoms with van der Waals surface area (Å²) in [5, 5.41) is 11.3. The SMILES string of the molecule is CC(C)[Si](c1sc(C2=NC(=O)c3c(-c4cc(Br)c([Si](C(C)C)(C(C)C)C(C)C)s4)[nH]c(O)c32)cc1Br)(C(C)C)C(C)C. The van der Waals surface area contributed by atoms with Crippen LogP contribution >= 0.6 is 54.5 Å². The predicted molar refractivity (Wildman–Crippen MR) is 197 cm³/mol. The maximum atomic E-state index is 13.6. The summed E-state index contributed by atoms with van der Waals surface area (Å²) in [7, 11) is -3.87. The average molecular weight is 771 g/mol. The number of carbonyl (C=O) groups is 1. The standard InChI is InChI=1S/C32H46Br2N2O2S2Si2/c1-15(2)41(16(3)4,17(5)6)31-21(33)13-23(39-31)27-25-26(30(38)35-27)28(36-29(25)37)24-14-22(34)32(40-24)42(18(7)8,19(9)10)20(11)12/h13-20,35,38H,1-12H3. The molecule has 3 aromatic heterocycles. The second-order valence-corrected chi connectivity index (χ2v) is 29.9. The van der Waals surface area contributed by atoms with Crippen LogP contribution in [0.25, 0.3) is 10.6 Å². The van der Waals surface area contributed by atoms with Crippen molar-refractivity contribution in [3.05, 3.63) is 37.1 Å². The number of aliphatic imine (C=N–C) groups is 1. The summed E-state index contributed by atoms with van der Waals surface area (Å²) in [6.45, 7) is 28.3. The Hall–Kier alpha value is -0.786. The number of H-pyrrole nitrogens is 1. The Morgan fingerprint density at radius 3 is 1.48 bits per heavy atom. The van der Waals surface area contributed by atoms with Crippen molar-refractivity contribution in [1.82, 2.24) is 4.98 Å². The number of carbonyl (C=O) groups excluding carboxylic acids is 1. The van der Waals surface area contributed by atoms with Crippen molar-refractivity contribution < 1.29 is 9.90 Å². The van der Waals surface area contributed by atoms with Crippen molar-refractivity contribution in [2.75, 3.05) is 0 Å². The summed E-state index contributed by atoms with van der Waals surface area (Å²) < 4.78 is 5.06. The highest BCUT2D eigenvalue weighted by molar-refractivity contribution is 9.11. The molecule has 3 aromatic rings. The van der Waals surface area contributed by atoms with E-state index in [1.807, 2.05) is 0 Å². The number of aromatic nitrogens is 1. The van der Waals surface area contributed by atoms with Crippen LogP contribution < -0.4 is 9.00 Å². The number of nitrogens with zero attached hydrogens (tertiary/aromatic N) is 1. The number of hydrogen-bond donors (Lipinski definition) is 2. The molecule has 0 bridgehead atoms. The molecular formula is C32H46Br2N2O2S2Si2. The first-order valence-electron chi connectivity index (χ1n) is 15.1. The molecule has 42 heavy (non-hydrogen) atoms. The fraction of sp³-hybridized carbons (Fsp3) is 0.562. The minimum atomic E-state index is -1.94. The molecule has 4 rings (SSSR count). The highest BCUT2D eigenvalue weighted by Crippen LogP contribution is 2.48. The van der Waals surface area contributed by atoms with Gasteiger partial charge in [-0.3, -0.25) is 4.79 Å². The summed E-state index contributed by atoms with van der Waals surface area (Å²) in [4.78, 5) is 23.2. The van der Waals surface area contributed by atoms with E-state index in [1.54, 1.807) is 22.7 Å². The van der Waals surface area contributed by atoms with Crippen LogP contribution in [-0.2, 0) is 0 Å². The van der Waals surface area contributed by atoms with Gasteiger partial charge in [-0.2, -0.15) is 0 Å². The second-order valence-electron chi connectivity index (χ2n) is 13.7. The van der Waals surface area contributed by atoms with E-state index in [0.717, 1.165) is 18.7 Å². The molecule has 0 aliphatic carbocycles. The van der Waals surface area contributed by atoms with Gasteiger partial charge in [0.1, 0.15) is 16.1 Å². The highest BCUT2D eigenvalue weighted by atomic mass is 79.9. The number of aromatic amines is 1. The molecule has 4 heterocycles. The van der Waals surface area contributed by atoms with Gasteiger partial charge in [0.15, 0.2) is 5.88 Å². The third kappa shape index (κ3) is 4.98. The molecule has 0 radical (unpaired) electrons. The first-order chi connectivity index (χ1) is 19.4. The quantitative estimate of drug-likeness (QED) is 0.202. The van der Waals surface area contributed by atoms with E-state index >= 15 is 0 Å². The van der Waals surface area contributed by atoms with Crippen LogP contribution in [0.15, 0.2) is 26.1 Å². The lowest BCUT2D eigenvalue weighted by atomic mass is 10.1. The zero-order valence-corrected chi connectivity index (χ0v) is 33.8. The van der Waals surface area contributed by atoms with Crippen molar-refractivity contribution in [1.29, 1.82) is 0 Å². The molecule has 2 N–H and O–H groups in total. The number of fused-ring (bicyclic) bond motifs is 1. The molecule has 0 fully saturated rings. The van der Waals surface area contributed by atoms with E-state index in [0.29, 0.717) is 55.8 Å². The monoisotopic (exact) mass is 768 g/mol. The van der Waals surface area contributed by atoms with Crippen molar-refractivity contribution in [2.45, 2.75) is 116 Å². The minimum Gasteiger partial charge on any atom is -0.494 e. The van der Waals surface area contributed by atoms with Gasteiger partial charge in [-0.25, -0.2) is 4.99 Å². The summed E-state index contributed by atoms with van der Waals surface area (Å²) in [5.74, 6) is -0.272. The largest absolute Gasteiger partial charge is 0.494 e. The van der Waals surface area contributed by atoms with E-state index in [2.05, 4.69) is 137 Å². The molecule has 0 saturated carbocycles. The minimum absolute atomic E-state index is 0.0157. The summed E-state index contributed by atoms with van der Waals surface area (Å²) in [6, 6.07) is 4.26. The molecule has 0 atom stereocenters. The number of rotatable bonds is 10.